The Hall–Kier alpha value is -0.0800. The van der Waals surface area contributed by atoms with Crippen molar-refractivity contribution in [2.24, 2.45) is 5.41 Å². The number of hydrogen-bond acceptors (Lipinski definition) is 2. The van der Waals surface area contributed by atoms with E-state index >= 15 is 0 Å². The molecule has 0 radical (unpaired) electrons. The Morgan fingerprint density at radius 3 is 2.69 bits per heavy atom. The molecule has 0 aromatic carbocycles. The average Bonchev–Trinajstić information content (AvgIpc) is 2.04. The molecule has 1 rings (SSSR count). The molecule has 78 valence electrons. The zero-order valence-corrected chi connectivity index (χ0v) is 9.23. The van der Waals surface area contributed by atoms with Crippen molar-refractivity contribution in [2.75, 3.05) is 19.7 Å². The fraction of sp³-hybridized carbons (Fsp3) is 1.00. The van der Waals surface area contributed by atoms with Crippen LogP contribution in [0.1, 0.15) is 40.0 Å². The monoisotopic (exact) mass is 185 g/mol. The van der Waals surface area contributed by atoms with Crippen molar-refractivity contribution in [1.29, 1.82) is 0 Å². The van der Waals surface area contributed by atoms with Gasteiger partial charge in [-0.1, -0.05) is 20.8 Å². The van der Waals surface area contributed by atoms with E-state index in [1.807, 2.05) is 0 Å². The van der Waals surface area contributed by atoms with Gasteiger partial charge in [0.25, 0.3) is 0 Å². The van der Waals surface area contributed by atoms with Gasteiger partial charge in [-0.25, -0.2) is 0 Å². The Kier molecular flexibility index (Phi) is 4.20. The predicted molar refractivity (Wildman–Crippen MR) is 55.9 cm³/mol. The lowest BCUT2D eigenvalue weighted by Crippen LogP contribution is -2.35. The van der Waals surface area contributed by atoms with Gasteiger partial charge in [-0.15, -0.1) is 0 Å². The second-order valence-corrected chi connectivity index (χ2v) is 5.15. The summed E-state index contributed by atoms with van der Waals surface area (Å²) in [5, 5.41) is 3.36. The van der Waals surface area contributed by atoms with E-state index in [-0.39, 0.29) is 0 Å². The van der Waals surface area contributed by atoms with E-state index in [1.54, 1.807) is 0 Å². The van der Waals surface area contributed by atoms with Crippen LogP contribution in [-0.4, -0.2) is 25.8 Å². The zero-order chi connectivity index (χ0) is 9.73. The fourth-order valence-electron chi connectivity index (χ4n) is 1.49. The van der Waals surface area contributed by atoms with E-state index < -0.39 is 0 Å². The number of piperidine rings is 1. The lowest BCUT2D eigenvalue weighted by atomic mass is 9.93. The van der Waals surface area contributed by atoms with E-state index in [0.717, 1.165) is 19.6 Å². The first kappa shape index (κ1) is 11.0. The smallest absolute Gasteiger partial charge is 0.0699 e. The Morgan fingerprint density at radius 1 is 1.38 bits per heavy atom. The van der Waals surface area contributed by atoms with Crippen LogP contribution in [0, 0.1) is 5.41 Å². The molecule has 1 aliphatic heterocycles. The maximum Gasteiger partial charge on any atom is 0.0699 e. The molecule has 0 aliphatic carbocycles. The molecule has 2 heteroatoms. The molecule has 0 aromatic rings. The predicted octanol–water partition coefficient (Wildman–Crippen LogP) is 2.19. The zero-order valence-electron chi connectivity index (χ0n) is 9.23. The molecule has 1 fully saturated rings. The molecule has 0 spiro atoms. The van der Waals surface area contributed by atoms with Gasteiger partial charge in [-0.05, 0) is 31.2 Å². The molecule has 1 saturated heterocycles. The molecule has 0 bridgehead atoms. The Bertz CT molecular complexity index is 134. The summed E-state index contributed by atoms with van der Waals surface area (Å²) in [6.45, 7) is 9.90. The van der Waals surface area contributed by atoms with Gasteiger partial charge in [-0.3, -0.25) is 0 Å². The summed E-state index contributed by atoms with van der Waals surface area (Å²) in [5.74, 6) is 0. The highest BCUT2D eigenvalue weighted by molar-refractivity contribution is 4.69. The van der Waals surface area contributed by atoms with Crippen molar-refractivity contribution in [3.63, 3.8) is 0 Å². The highest BCUT2D eigenvalue weighted by atomic mass is 16.5. The maximum atomic E-state index is 5.80. The summed E-state index contributed by atoms with van der Waals surface area (Å²) in [5.41, 5.74) is 0.405. The summed E-state index contributed by atoms with van der Waals surface area (Å²) in [7, 11) is 0. The van der Waals surface area contributed by atoms with Crippen molar-refractivity contribution in [1.82, 2.24) is 5.32 Å². The minimum atomic E-state index is 0.405. The topological polar surface area (TPSA) is 21.3 Å². The minimum Gasteiger partial charge on any atom is -0.377 e. The van der Waals surface area contributed by atoms with Crippen LogP contribution in [0.4, 0.5) is 0 Å². The Balaban J connectivity index is 2.04. The first-order chi connectivity index (χ1) is 6.08. The van der Waals surface area contributed by atoms with Crippen LogP contribution in [0.3, 0.4) is 0 Å². The van der Waals surface area contributed by atoms with Crippen molar-refractivity contribution in [3.8, 4) is 0 Å². The van der Waals surface area contributed by atoms with Crippen molar-refractivity contribution in [3.05, 3.63) is 0 Å². The van der Waals surface area contributed by atoms with Crippen LogP contribution in [-0.2, 0) is 4.74 Å². The maximum absolute atomic E-state index is 5.80. The molecule has 2 nitrogen and oxygen atoms in total. The van der Waals surface area contributed by atoms with E-state index in [1.165, 1.54) is 19.4 Å². The van der Waals surface area contributed by atoms with Crippen molar-refractivity contribution >= 4 is 0 Å². The van der Waals surface area contributed by atoms with Gasteiger partial charge in [0.15, 0.2) is 0 Å². The summed E-state index contributed by atoms with van der Waals surface area (Å²) < 4.78 is 5.80. The van der Waals surface area contributed by atoms with Crippen LogP contribution < -0.4 is 5.32 Å². The first-order valence-electron chi connectivity index (χ1n) is 5.40. The standard InChI is InChI=1S/C11H23NO/c1-11(2,3)6-8-13-10-5-4-7-12-9-10/h10,12H,4-9H2,1-3H3. The summed E-state index contributed by atoms with van der Waals surface area (Å²) in [4.78, 5) is 0. The quantitative estimate of drug-likeness (QED) is 0.727. The van der Waals surface area contributed by atoms with Gasteiger partial charge in [0.05, 0.1) is 6.10 Å². The Labute approximate surface area is 82.0 Å². The van der Waals surface area contributed by atoms with Crippen LogP contribution in [0.2, 0.25) is 0 Å². The molecule has 13 heavy (non-hydrogen) atoms. The van der Waals surface area contributed by atoms with E-state index in [9.17, 15) is 0 Å². The number of rotatable bonds is 3. The number of nitrogens with one attached hydrogen (secondary N) is 1. The molecule has 1 aliphatic rings. The highest BCUT2D eigenvalue weighted by Gasteiger charge is 2.15. The average molecular weight is 185 g/mol. The number of ether oxygens (including phenoxy) is 1. The molecule has 0 aromatic heterocycles. The van der Waals surface area contributed by atoms with E-state index in [2.05, 4.69) is 26.1 Å². The van der Waals surface area contributed by atoms with Crippen LogP contribution in [0.15, 0.2) is 0 Å². The molecule has 1 atom stereocenters. The van der Waals surface area contributed by atoms with Crippen LogP contribution in [0.25, 0.3) is 0 Å². The molecule has 1 heterocycles. The normalized spacial score (nSPS) is 24.7. The molecule has 1 N–H and O–H groups in total. The Morgan fingerprint density at radius 2 is 2.15 bits per heavy atom. The highest BCUT2D eigenvalue weighted by Crippen LogP contribution is 2.19. The van der Waals surface area contributed by atoms with Crippen LogP contribution >= 0.6 is 0 Å². The SMILES string of the molecule is CC(C)(C)CCOC1CCCNC1. The number of hydrogen-bond donors (Lipinski definition) is 1. The van der Waals surface area contributed by atoms with E-state index in [4.69, 9.17) is 4.74 Å². The summed E-state index contributed by atoms with van der Waals surface area (Å²) in [6.07, 6.45) is 4.12. The molecular weight excluding hydrogens is 162 g/mol. The lowest BCUT2D eigenvalue weighted by Gasteiger charge is -2.25. The van der Waals surface area contributed by atoms with Crippen molar-refractivity contribution in [2.45, 2.75) is 46.1 Å². The first-order valence-corrected chi connectivity index (χ1v) is 5.40. The lowest BCUT2D eigenvalue weighted by molar-refractivity contribution is 0.0237. The van der Waals surface area contributed by atoms with E-state index in [0.29, 0.717) is 11.5 Å². The van der Waals surface area contributed by atoms with Gasteiger partial charge in [0, 0.05) is 13.2 Å². The largest absolute Gasteiger partial charge is 0.377 e. The van der Waals surface area contributed by atoms with Gasteiger partial charge in [0.1, 0.15) is 0 Å². The fourth-order valence-corrected chi connectivity index (χ4v) is 1.49. The van der Waals surface area contributed by atoms with Crippen molar-refractivity contribution < 1.29 is 4.74 Å². The van der Waals surface area contributed by atoms with Crippen LogP contribution in [0.5, 0.6) is 0 Å². The molecule has 0 saturated carbocycles. The van der Waals surface area contributed by atoms with Gasteiger partial charge in [0.2, 0.25) is 0 Å². The summed E-state index contributed by atoms with van der Waals surface area (Å²) >= 11 is 0. The summed E-state index contributed by atoms with van der Waals surface area (Å²) in [6, 6.07) is 0. The van der Waals surface area contributed by atoms with Gasteiger partial charge in [-0.2, -0.15) is 0 Å². The third-order valence-electron chi connectivity index (χ3n) is 2.46. The second kappa shape index (κ2) is 4.97. The van der Waals surface area contributed by atoms with Gasteiger partial charge < -0.3 is 10.1 Å². The third-order valence-corrected chi connectivity index (χ3v) is 2.46. The molecule has 0 amide bonds. The molecule has 1 unspecified atom stereocenters. The second-order valence-electron chi connectivity index (χ2n) is 5.15. The van der Waals surface area contributed by atoms with Gasteiger partial charge >= 0.3 is 0 Å². The molecular formula is C11H23NO. The minimum absolute atomic E-state index is 0.405. The third kappa shape index (κ3) is 5.27.